The molecule has 2 fully saturated rings. The van der Waals surface area contributed by atoms with Crippen molar-refractivity contribution in [2.24, 2.45) is 0 Å². The van der Waals surface area contributed by atoms with Crippen LogP contribution in [0.2, 0.25) is 0 Å². The van der Waals surface area contributed by atoms with E-state index in [0.717, 1.165) is 44.6 Å². The minimum absolute atomic E-state index is 0.1000. The Morgan fingerprint density at radius 1 is 1.24 bits per heavy atom. The van der Waals surface area contributed by atoms with Gasteiger partial charge < -0.3 is 15.5 Å². The summed E-state index contributed by atoms with van der Waals surface area (Å²) >= 11 is 0. The largest absolute Gasteiger partial charge is 0.357 e. The molecule has 1 aliphatic heterocycles. The highest BCUT2D eigenvalue weighted by Gasteiger charge is 2.27. The number of piperidine rings is 1. The van der Waals surface area contributed by atoms with Gasteiger partial charge >= 0.3 is 0 Å². The zero-order valence-corrected chi connectivity index (χ0v) is 12.6. The maximum atomic E-state index is 12.0. The summed E-state index contributed by atoms with van der Waals surface area (Å²) in [4.78, 5) is 18.7. The second-order valence-electron chi connectivity index (χ2n) is 6.12. The van der Waals surface area contributed by atoms with Gasteiger partial charge in [0.1, 0.15) is 5.82 Å². The van der Waals surface area contributed by atoms with Gasteiger partial charge in [-0.25, -0.2) is 4.98 Å². The summed E-state index contributed by atoms with van der Waals surface area (Å²) in [6.45, 7) is 3.94. The Hall–Kier alpha value is -1.62. The number of aromatic nitrogens is 1. The minimum atomic E-state index is -0.1000. The second-order valence-corrected chi connectivity index (χ2v) is 6.12. The Morgan fingerprint density at radius 3 is 2.62 bits per heavy atom. The summed E-state index contributed by atoms with van der Waals surface area (Å²) in [6.07, 6.45) is 6.22. The summed E-state index contributed by atoms with van der Waals surface area (Å²) in [6, 6.07) is 6.78. The van der Waals surface area contributed by atoms with Crippen LogP contribution < -0.4 is 15.5 Å². The number of nitrogens with zero attached hydrogens (tertiary/aromatic N) is 2. The van der Waals surface area contributed by atoms with Gasteiger partial charge in [-0.1, -0.05) is 6.07 Å². The summed E-state index contributed by atoms with van der Waals surface area (Å²) in [5, 5.41) is 6.52. The Balaban J connectivity index is 1.44. The van der Waals surface area contributed by atoms with Crippen molar-refractivity contribution in [3.05, 3.63) is 24.4 Å². The molecule has 5 heteroatoms. The van der Waals surface area contributed by atoms with E-state index in [1.807, 2.05) is 25.3 Å². The molecule has 21 heavy (non-hydrogen) atoms. The highest BCUT2D eigenvalue weighted by atomic mass is 16.2. The zero-order valence-electron chi connectivity index (χ0n) is 12.6. The van der Waals surface area contributed by atoms with Crippen molar-refractivity contribution in [3.8, 4) is 0 Å². The van der Waals surface area contributed by atoms with Gasteiger partial charge in [-0.2, -0.15) is 0 Å². The van der Waals surface area contributed by atoms with Gasteiger partial charge in [0.05, 0.1) is 6.04 Å². The lowest BCUT2D eigenvalue weighted by Crippen LogP contribution is -2.50. The van der Waals surface area contributed by atoms with Crippen LogP contribution in [0.15, 0.2) is 24.4 Å². The maximum absolute atomic E-state index is 12.0. The van der Waals surface area contributed by atoms with Crippen LogP contribution in [0, 0.1) is 0 Å². The molecule has 0 radical (unpaired) electrons. The first-order valence-corrected chi connectivity index (χ1v) is 7.95. The third-order valence-corrected chi connectivity index (χ3v) is 4.27. The van der Waals surface area contributed by atoms with Crippen LogP contribution in [0.25, 0.3) is 0 Å². The molecule has 1 aliphatic carbocycles. The normalized spacial score (nSPS) is 21.1. The predicted octanol–water partition coefficient (Wildman–Crippen LogP) is 1.31. The van der Waals surface area contributed by atoms with Crippen LogP contribution >= 0.6 is 0 Å². The first-order valence-electron chi connectivity index (χ1n) is 7.95. The molecule has 5 nitrogen and oxygen atoms in total. The van der Waals surface area contributed by atoms with Gasteiger partial charge in [-0.3, -0.25) is 4.79 Å². The van der Waals surface area contributed by atoms with E-state index in [-0.39, 0.29) is 11.9 Å². The van der Waals surface area contributed by atoms with Crippen molar-refractivity contribution in [3.63, 3.8) is 0 Å². The van der Waals surface area contributed by atoms with Crippen molar-refractivity contribution >= 4 is 11.7 Å². The van der Waals surface area contributed by atoms with Gasteiger partial charge in [0.15, 0.2) is 0 Å². The molecule has 1 saturated heterocycles. The fourth-order valence-electron chi connectivity index (χ4n) is 2.80. The molecule has 1 saturated carbocycles. The smallest absolute Gasteiger partial charge is 0.237 e. The van der Waals surface area contributed by atoms with Crippen LogP contribution in [0.4, 0.5) is 5.82 Å². The summed E-state index contributed by atoms with van der Waals surface area (Å²) in [7, 11) is 0. The molecule has 114 valence electrons. The van der Waals surface area contributed by atoms with Gasteiger partial charge in [-0.05, 0) is 44.7 Å². The van der Waals surface area contributed by atoms with Crippen LogP contribution in [-0.4, -0.2) is 42.1 Å². The van der Waals surface area contributed by atoms with E-state index in [9.17, 15) is 4.79 Å². The predicted molar refractivity (Wildman–Crippen MR) is 83.2 cm³/mol. The quantitative estimate of drug-likeness (QED) is 0.857. The number of carbonyl (C=O) groups is 1. The number of hydrogen-bond donors (Lipinski definition) is 2. The Bertz CT molecular complexity index is 466. The van der Waals surface area contributed by atoms with E-state index < -0.39 is 0 Å². The third kappa shape index (κ3) is 3.94. The molecular weight excluding hydrogens is 264 g/mol. The standard InChI is InChI=1S/C16H24N4O/c1-12(16(21)19-13-5-6-13)18-14-7-10-20(11-8-14)15-4-2-3-9-17-15/h2-4,9,12-14,18H,5-8,10-11H2,1H3,(H,19,21). The third-order valence-electron chi connectivity index (χ3n) is 4.27. The Morgan fingerprint density at radius 2 is 2.00 bits per heavy atom. The molecule has 2 N–H and O–H groups in total. The van der Waals surface area contributed by atoms with Gasteiger partial charge in [0.2, 0.25) is 5.91 Å². The summed E-state index contributed by atoms with van der Waals surface area (Å²) in [5.41, 5.74) is 0. The lowest BCUT2D eigenvalue weighted by atomic mass is 10.0. The zero-order chi connectivity index (χ0) is 14.7. The molecule has 2 heterocycles. The lowest BCUT2D eigenvalue weighted by molar-refractivity contribution is -0.123. The molecule has 1 atom stereocenters. The first-order chi connectivity index (χ1) is 10.2. The molecule has 1 amide bonds. The van der Waals surface area contributed by atoms with Gasteiger partial charge in [0.25, 0.3) is 0 Å². The minimum Gasteiger partial charge on any atom is -0.357 e. The lowest BCUT2D eigenvalue weighted by Gasteiger charge is -2.34. The number of nitrogens with one attached hydrogen (secondary N) is 2. The average molecular weight is 288 g/mol. The van der Waals surface area contributed by atoms with Gasteiger partial charge in [0, 0.05) is 31.4 Å². The molecule has 0 aromatic carbocycles. The highest BCUT2D eigenvalue weighted by Crippen LogP contribution is 2.19. The number of rotatable bonds is 5. The molecule has 3 rings (SSSR count). The first kappa shape index (κ1) is 14.3. The molecule has 0 spiro atoms. The highest BCUT2D eigenvalue weighted by molar-refractivity contribution is 5.81. The number of hydrogen-bond acceptors (Lipinski definition) is 4. The SMILES string of the molecule is CC(NC1CCN(c2ccccn2)CC1)C(=O)NC1CC1. The van der Waals surface area contributed by atoms with Crippen LogP contribution in [-0.2, 0) is 4.79 Å². The van der Waals surface area contributed by atoms with Crippen molar-refractivity contribution in [1.29, 1.82) is 0 Å². The van der Waals surface area contributed by atoms with Crippen LogP contribution in [0.5, 0.6) is 0 Å². The Kier molecular flexibility index (Phi) is 4.39. The number of anilines is 1. The summed E-state index contributed by atoms with van der Waals surface area (Å²) < 4.78 is 0. The second kappa shape index (κ2) is 6.43. The average Bonchev–Trinajstić information content (AvgIpc) is 3.33. The molecule has 0 bridgehead atoms. The van der Waals surface area contributed by atoms with E-state index in [1.165, 1.54) is 0 Å². The van der Waals surface area contributed by atoms with Crippen molar-refractivity contribution in [2.75, 3.05) is 18.0 Å². The van der Waals surface area contributed by atoms with E-state index >= 15 is 0 Å². The van der Waals surface area contributed by atoms with Crippen LogP contribution in [0.1, 0.15) is 32.6 Å². The molecule has 2 aliphatic rings. The molecule has 1 aromatic rings. The monoisotopic (exact) mass is 288 g/mol. The molecular formula is C16H24N4O. The van der Waals surface area contributed by atoms with Crippen molar-refractivity contribution < 1.29 is 4.79 Å². The van der Waals surface area contributed by atoms with Gasteiger partial charge in [-0.15, -0.1) is 0 Å². The topological polar surface area (TPSA) is 57.3 Å². The number of amides is 1. The van der Waals surface area contributed by atoms with Crippen molar-refractivity contribution in [1.82, 2.24) is 15.6 Å². The summed E-state index contributed by atoms with van der Waals surface area (Å²) in [5.74, 6) is 1.19. The fourth-order valence-corrected chi connectivity index (χ4v) is 2.80. The van der Waals surface area contributed by atoms with E-state index in [2.05, 4.69) is 26.6 Å². The molecule has 1 unspecified atom stereocenters. The maximum Gasteiger partial charge on any atom is 0.237 e. The van der Waals surface area contributed by atoms with E-state index in [4.69, 9.17) is 0 Å². The van der Waals surface area contributed by atoms with Crippen LogP contribution in [0.3, 0.4) is 0 Å². The Labute approximate surface area is 126 Å². The number of carbonyl (C=O) groups excluding carboxylic acids is 1. The molecule has 1 aromatic heterocycles. The number of pyridine rings is 1. The van der Waals surface area contributed by atoms with E-state index in [0.29, 0.717) is 12.1 Å². The van der Waals surface area contributed by atoms with Crippen molar-refractivity contribution in [2.45, 2.75) is 50.7 Å². The van der Waals surface area contributed by atoms with E-state index in [1.54, 1.807) is 0 Å². The fraction of sp³-hybridized carbons (Fsp3) is 0.625.